The molecule has 0 aromatic rings. The predicted octanol–water partition coefficient (Wildman–Crippen LogP) is 3.47. The molecule has 7 nitrogen and oxygen atoms in total. The zero-order valence-electron chi connectivity index (χ0n) is 15.5. The molecule has 0 aromatic carbocycles. The molecule has 2 N–H and O–H groups in total. The number of hydrogen-bond acceptors (Lipinski definition) is 8. The van der Waals surface area contributed by atoms with Gasteiger partial charge >= 0.3 is 0 Å². The van der Waals surface area contributed by atoms with Crippen LogP contribution in [0.25, 0.3) is 0 Å². The van der Waals surface area contributed by atoms with Crippen LogP contribution in [0.5, 0.6) is 0 Å². The maximum absolute atomic E-state index is 9.00. The summed E-state index contributed by atoms with van der Waals surface area (Å²) in [5.41, 5.74) is -0.540. The van der Waals surface area contributed by atoms with Crippen molar-refractivity contribution in [3.63, 3.8) is 0 Å². The third-order valence-electron chi connectivity index (χ3n) is 3.94. The summed E-state index contributed by atoms with van der Waals surface area (Å²) in [7, 11) is 0. The smallest absolute Gasteiger partial charge is 0.156 e. The summed E-state index contributed by atoms with van der Waals surface area (Å²) in [5, 5.41) is 17.7. The SMILES string of the molecule is CCCCOC1C(S)OC(COC=CO)C(OCCCC)C1OC=CO. The zero-order chi connectivity index (χ0) is 19.2. The maximum Gasteiger partial charge on any atom is 0.156 e. The maximum atomic E-state index is 9.00. The lowest BCUT2D eigenvalue weighted by atomic mass is 9.99. The summed E-state index contributed by atoms with van der Waals surface area (Å²) < 4.78 is 28.8. The average molecular weight is 393 g/mol. The molecule has 0 saturated carbocycles. The van der Waals surface area contributed by atoms with Crippen LogP contribution >= 0.6 is 12.6 Å². The monoisotopic (exact) mass is 392 g/mol. The van der Waals surface area contributed by atoms with E-state index in [2.05, 4.69) is 26.5 Å². The molecule has 0 bridgehead atoms. The van der Waals surface area contributed by atoms with E-state index in [9.17, 15) is 0 Å². The van der Waals surface area contributed by atoms with Gasteiger partial charge in [-0.25, -0.2) is 0 Å². The number of aliphatic hydroxyl groups excluding tert-OH is 2. The van der Waals surface area contributed by atoms with Crippen LogP contribution in [-0.4, -0.2) is 59.9 Å². The highest BCUT2D eigenvalue weighted by atomic mass is 32.1. The molecule has 5 atom stereocenters. The van der Waals surface area contributed by atoms with Crippen LogP contribution in [0.3, 0.4) is 0 Å². The van der Waals surface area contributed by atoms with E-state index in [1.54, 1.807) is 0 Å². The Morgan fingerprint density at radius 3 is 2.12 bits per heavy atom. The lowest BCUT2D eigenvalue weighted by molar-refractivity contribution is -0.233. The summed E-state index contributed by atoms with van der Waals surface area (Å²) in [6, 6.07) is 0. The third-order valence-corrected chi connectivity index (χ3v) is 4.36. The van der Waals surface area contributed by atoms with Gasteiger partial charge in [0.2, 0.25) is 0 Å². The number of ether oxygens (including phenoxy) is 5. The molecule has 5 unspecified atom stereocenters. The van der Waals surface area contributed by atoms with E-state index in [1.807, 2.05) is 0 Å². The Kier molecular flexibility index (Phi) is 12.4. The minimum Gasteiger partial charge on any atom is -0.512 e. The topological polar surface area (TPSA) is 86.6 Å². The Bertz CT molecular complexity index is 405. The van der Waals surface area contributed by atoms with E-state index in [4.69, 9.17) is 33.9 Å². The Morgan fingerprint density at radius 2 is 1.54 bits per heavy atom. The van der Waals surface area contributed by atoms with Gasteiger partial charge in [0.1, 0.15) is 55.4 Å². The van der Waals surface area contributed by atoms with Crippen LogP contribution in [0.4, 0.5) is 0 Å². The quantitative estimate of drug-likeness (QED) is 0.251. The molecule has 0 aromatic heterocycles. The summed E-state index contributed by atoms with van der Waals surface area (Å²) in [6.45, 7) is 5.42. The van der Waals surface area contributed by atoms with Gasteiger partial charge in [0.15, 0.2) is 6.10 Å². The van der Waals surface area contributed by atoms with Crippen LogP contribution < -0.4 is 0 Å². The molecular weight excluding hydrogens is 360 g/mol. The van der Waals surface area contributed by atoms with Gasteiger partial charge in [0.25, 0.3) is 0 Å². The van der Waals surface area contributed by atoms with E-state index in [-0.39, 0.29) is 6.61 Å². The standard InChI is InChI=1S/C18H32O7S/c1-3-5-9-22-15-14(13-21-11-7-19)25-18(26)17(23-10-6-4-2)16(15)24-12-8-20/h7-8,11-12,14-20,26H,3-6,9-10,13H2,1-2H3. The van der Waals surface area contributed by atoms with Crippen molar-refractivity contribution in [1.82, 2.24) is 0 Å². The first-order chi connectivity index (χ1) is 12.7. The fourth-order valence-corrected chi connectivity index (χ4v) is 3.02. The Balaban J connectivity index is 2.91. The van der Waals surface area contributed by atoms with Crippen LogP contribution in [-0.2, 0) is 23.7 Å². The van der Waals surface area contributed by atoms with Gasteiger partial charge in [0.05, 0.1) is 0 Å². The summed E-state index contributed by atoms with van der Waals surface area (Å²) >= 11 is 4.50. The largest absolute Gasteiger partial charge is 0.512 e. The molecule has 1 fully saturated rings. The average Bonchev–Trinajstić information content (AvgIpc) is 2.64. The number of thiol groups is 1. The molecule has 1 saturated heterocycles. The fourth-order valence-electron chi connectivity index (χ4n) is 2.61. The molecular formula is C18H32O7S. The van der Waals surface area contributed by atoms with Crippen LogP contribution in [0.1, 0.15) is 39.5 Å². The number of rotatable bonds is 13. The summed E-state index contributed by atoms with van der Waals surface area (Å²) in [4.78, 5) is 0. The third kappa shape index (κ3) is 7.65. The highest BCUT2D eigenvalue weighted by molar-refractivity contribution is 7.80. The minimum absolute atomic E-state index is 0.162. The van der Waals surface area contributed by atoms with Gasteiger partial charge in [-0.3, -0.25) is 0 Å². The molecule has 152 valence electrons. The molecule has 0 amide bonds. The van der Waals surface area contributed by atoms with Crippen molar-refractivity contribution in [2.45, 2.75) is 69.4 Å². The first kappa shape index (κ1) is 23.0. The molecule has 0 spiro atoms. The second kappa shape index (κ2) is 14.0. The highest BCUT2D eigenvalue weighted by Gasteiger charge is 2.47. The molecule has 1 aliphatic heterocycles. The molecule has 1 heterocycles. The Morgan fingerprint density at radius 1 is 0.923 bits per heavy atom. The van der Waals surface area contributed by atoms with Gasteiger partial charge < -0.3 is 33.9 Å². The van der Waals surface area contributed by atoms with Crippen molar-refractivity contribution in [3.8, 4) is 0 Å². The lowest BCUT2D eigenvalue weighted by Crippen LogP contribution is -2.59. The van der Waals surface area contributed by atoms with Crippen molar-refractivity contribution >= 4 is 12.6 Å². The normalized spacial score (nSPS) is 29.4. The van der Waals surface area contributed by atoms with Gasteiger partial charge in [0, 0.05) is 13.2 Å². The van der Waals surface area contributed by atoms with Crippen LogP contribution in [0.15, 0.2) is 25.0 Å². The van der Waals surface area contributed by atoms with E-state index in [1.165, 1.54) is 12.5 Å². The first-order valence-corrected chi connectivity index (χ1v) is 9.63. The molecule has 8 heteroatoms. The predicted molar refractivity (Wildman–Crippen MR) is 101 cm³/mol. The summed E-state index contributed by atoms with van der Waals surface area (Å²) in [5.74, 6) is 0. The van der Waals surface area contributed by atoms with Gasteiger partial charge in [-0.1, -0.05) is 26.7 Å². The Hall–Kier alpha value is -1.09. The lowest BCUT2D eigenvalue weighted by Gasteiger charge is -2.44. The molecule has 26 heavy (non-hydrogen) atoms. The summed E-state index contributed by atoms with van der Waals surface area (Å²) in [6.07, 6.45) is 5.91. The fraction of sp³-hybridized carbons (Fsp3) is 0.778. The van der Waals surface area contributed by atoms with Crippen molar-refractivity contribution in [1.29, 1.82) is 0 Å². The van der Waals surface area contributed by atoms with Crippen molar-refractivity contribution in [2.24, 2.45) is 0 Å². The molecule has 1 aliphatic rings. The van der Waals surface area contributed by atoms with Crippen LogP contribution in [0, 0.1) is 0 Å². The number of unbranched alkanes of at least 4 members (excludes halogenated alkanes) is 2. The van der Waals surface area contributed by atoms with E-state index < -0.39 is 29.9 Å². The number of hydrogen-bond donors (Lipinski definition) is 3. The zero-order valence-corrected chi connectivity index (χ0v) is 16.4. The Labute approximate surface area is 161 Å². The van der Waals surface area contributed by atoms with Gasteiger partial charge in [-0.15, -0.1) is 12.6 Å². The van der Waals surface area contributed by atoms with Crippen LogP contribution in [0.2, 0.25) is 0 Å². The second-order valence-electron chi connectivity index (χ2n) is 5.95. The highest BCUT2D eigenvalue weighted by Crippen LogP contribution is 2.30. The van der Waals surface area contributed by atoms with E-state index >= 15 is 0 Å². The van der Waals surface area contributed by atoms with E-state index in [0.717, 1.165) is 38.2 Å². The second-order valence-corrected chi connectivity index (χ2v) is 6.46. The van der Waals surface area contributed by atoms with E-state index in [0.29, 0.717) is 13.2 Å². The minimum atomic E-state index is -0.540. The van der Waals surface area contributed by atoms with Crippen molar-refractivity contribution in [2.75, 3.05) is 19.8 Å². The van der Waals surface area contributed by atoms with Crippen molar-refractivity contribution in [3.05, 3.63) is 25.0 Å². The molecule has 0 aliphatic carbocycles. The van der Waals surface area contributed by atoms with Crippen molar-refractivity contribution < 1.29 is 33.9 Å². The van der Waals surface area contributed by atoms with Gasteiger partial charge in [-0.2, -0.15) is 0 Å². The molecule has 0 radical (unpaired) electrons. The van der Waals surface area contributed by atoms with Gasteiger partial charge in [-0.05, 0) is 12.8 Å². The number of aliphatic hydroxyl groups is 2. The molecule has 1 rings (SSSR count). The first-order valence-electron chi connectivity index (χ1n) is 9.11.